The van der Waals surface area contributed by atoms with Gasteiger partial charge in [-0.15, -0.1) is 0 Å². The normalized spacial score (nSPS) is 12.8. The Morgan fingerprint density at radius 3 is 2.30 bits per heavy atom. The summed E-state index contributed by atoms with van der Waals surface area (Å²) in [6, 6.07) is 12.5. The van der Waals surface area contributed by atoms with Crippen LogP contribution in [-0.4, -0.2) is 34.3 Å². The summed E-state index contributed by atoms with van der Waals surface area (Å²) in [5, 5.41) is 9.86. The molecule has 1 N–H and O–H groups in total. The highest BCUT2D eigenvalue weighted by molar-refractivity contribution is 5.27. The molecule has 0 amide bonds. The van der Waals surface area contributed by atoms with E-state index in [4.69, 9.17) is 4.74 Å². The molecule has 0 fully saturated rings. The van der Waals surface area contributed by atoms with Gasteiger partial charge >= 0.3 is 0 Å². The molecule has 4 heteroatoms. The zero-order valence-electron chi connectivity index (χ0n) is 14.6. The molecule has 0 unspecified atom stereocenters. The van der Waals surface area contributed by atoms with E-state index in [9.17, 15) is 5.11 Å². The van der Waals surface area contributed by atoms with Crippen LogP contribution < -0.4 is 4.74 Å². The molecule has 1 aromatic heterocycles. The second-order valence-corrected chi connectivity index (χ2v) is 6.36. The van der Waals surface area contributed by atoms with Gasteiger partial charge in [0.15, 0.2) is 0 Å². The van der Waals surface area contributed by atoms with Crippen LogP contribution in [0.4, 0.5) is 0 Å². The molecule has 0 saturated carbocycles. The van der Waals surface area contributed by atoms with Crippen LogP contribution in [0.3, 0.4) is 0 Å². The summed E-state index contributed by atoms with van der Waals surface area (Å²) in [4.78, 5) is 2.35. The van der Waals surface area contributed by atoms with Crippen LogP contribution in [-0.2, 0) is 20.1 Å². The van der Waals surface area contributed by atoms with Gasteiger partial charge in [0.1, 0.15) is 5.75 Å². The van der Waals surface area contributed by atoms with Gasteiger partial charge in [0.05, 0.1) is 13.7 Å². The van der Waals surface area contributed by atoms with Crippen molar-refractivity contribution < 1.29 is 9.84 Å². The van der Waals surface area contributed by atoms with Gasteiger partial charge in [-0.25, -0.2) is 0 Å². The number of nitrogens with zero attached hydrogens (tertiary/aromatic N) is 2. The number of hydrogen-bond acceptors (Lipinski definition) is 3. The Labute approximate surface area is 139 Å². The third-order valence-electron chi connectivity index (χ3n) is 4.39. The van der Waals surface area contributed by atoms with E-state index in [1.165, 1.54) is 11.3 Å². The number of benzene rings is 1. The van der Waals surface area contributed by atoms with Crippen LogP contribution in [0.2, 0.25) is 0 Å². The summed E-state index contributed by atoms with van der Waals surface area (Å²) in [5.41, 5.74) is 2.47. The van der Waals surface area contributed by atoms with Crippen molar-refractivity contribution >= 4 is 0 Å². The van der Waals surface area contributed by atoms with Crippen LogP contribution in [0.25, 0.3) is 0 Å². The summed E-state index contributed by atoms with van der Waals surface area (Å²) in [5.74, 6) is 1.25. The summed E-state index contributed by atoms with van der Waals surface area (Å²) < 4.78 is 7.36. The lowest BCUT2D eigenvalue weighted by atomic mass is 10.0. The molecule has 2 rings (SSSR count). The van der Waals surface area contributed by atoms with Crippen molar-refractivity contribution in [1.29, 1.82) is 0 Å². The zero-order valence-corrected chi connectivity index (χ0v) is 14.6. The largest absolute Gasteiger partial charge is 0.497 e. The molecule has 126 valence electrons. The minimum Gasteiger partial charge on any atom is -0.497 e. The number of aromatic nitrogens is 1. The number of ether oxygens (including phenoxy) is 1. The monoisotopic (exact) mass is 316 g/mol. The molecule has 0 aliphatic heterocycles. The predicted molar refractivity (Wildman–Crippen MR) is 93.4 cm³/mol. The van der Waals surface area contributed by atoms with Crippen LogP contribution in [0.1, 0.15) is 25.1 Å². The third-order valence-corrected chi connectivity index (χ3v) is 4.39. The Hall–Kier alpha value is -1.78. The van der Waals surface area contributed by atoms with E-state index in [1.807, 2.05) is 12.1 Å². The highest BCUT2D eigenvalue weighted by atomic mass is 16.5. The highest BCUT2D eigenvalue weighted by Crippen LogP contribution is 2.20. The van der Waals surface area contributed by atoms with Crippen molar-refractivity contribution in [3.8, 4) is 5.75 Å². The Morgan fingerprint density at radius 2 is 1.83 bits per heavy atom. The molecule has 0 aliphatic carbocycles. The van der Waals surface area contributed by atoms with Gasteiger partial charge in [-0.1, -0.05) is 26.0 Å². The highest BCUT2D eigenvalue weighted by Gasteiger charge is 2.22. The first-order valence-electron chi connectivity index (χ1n) is 8.13. The van der Waals surface area contributed by atoms with Crippen molar-refractivity contribution in [2.45, 2.75) is 33.0 Å². The van der Waals surface area contributed by atoms with Crippen LogP contribution in [0, 0.1) is 5.92 Å². The van der Waals surface area contributed by atoms with Gasteiger partial charge in [0.25, 0.3) is 0 Å². The fraction of sp³-hybridized carbons (Fsp3) is 0.474. The molecular formula is C19H28N2O2. The third kappa shape index (κ3) is 4.60. The summed E-state index contributed by atoms with van der Waals surface area (Å²) >= 11 is 0. The number of aryl methyl sites for hydroxylation is 1. The van der Waals surface area contributed by atoms with Crippen molar-refractivity contribution in [3.05, 3.63) is 53.9 Å². The molecule has 1 heterocycles. The number of aliphatic hydroxyl groups is 1. The fourth-order valence-corrected chi connectivity index (χ4v) is 2.87. The lowest BCUT2D eigenvalue weighted by Crippen LogP contribution is -2.41. The maximum Gasteiger partial charge on any atom is 0.118 e. The average molecular weight is 316 g/mol. The second-order valence-electron chi connectivity index (χ2n) is 6.36. The first kappa shape index (κ1) is 17.6. The molecule has 0 aliphatic rings. The second kappa shape index (κ2) is 8.18. The molecule has 1 atom stereocenters. The predicted octanol–water partition coefficient (Wildman–Crippen LogP) is 3.05. The number of aliphatic hydroxyl groups excluding tert-OH is 1. The molecule has 0 saturated heterocycles. The van der Waals surface area contributed by atoms with Gasteiger partial charge in [0.2, 0.25) is 0 Å². The van der Waals surface area contributed by atoms with E-state index < -0.39 is 0 Å². The van der Waals surface area contributed by atoms with Crippen molar-refractivity contribution in [3.63, 3.8) is 0 Å². The Kier molecular flexibility index (Phi) is 6.25. The lowest BCUT2D eigenvalue weighted by molar-refractivity contribution is 0.0767. The van der Waals surface area contributed by atoms with Gasteiger partial charge < -0.3 is 14.4 Å². The minimum absolute atomic E-state index is 0.131. The van der Waals surface area contributed by atoms with Crippen LogP contribution in [0.5, 0.6) is 5.75 Å². The smallest absolute Gasteiger partial charge is 0.118 e. The Morgan fingerprint density at radius 1 is 1.13 bits per heavy atom. The summed E-state index contributed by atoms with van der Waals surface area (Å²) in [7, 11) is 3.74. The molecule has 2 aromatic rings. The van der Waals surface area contributed by atoms with E-state index in [0.717, 1.165) is 18.8 Å². The van der Waals surface area contributed by atoms with Gasteiger partial charge in [0, 0.05) is 38.1 Å². The van der Waals surface area contributed by atoms with E-state index in [0.29, 0.717) is 5.92 Å². The summed E-state index contributed by atoms with van der Waals surface area (Å²) in [6.45, 7) is 6.11. The first-order valence-corrected chi connectivity index (χ1v) is 8.13. The summed E-state index contributed by atoms with van der Waals surface area (Å²) in [6.07, 6.45) is 2.06. The van der Waals surface area contributed by atoms with E-state index >= 15 is 0 Å². The number of rotatable bonds is 8. The fourth-order valence-electron chi connectivity index (χ4n) is 2.87. The van der Waals surface area contributed by atoms with Gasteiger partial charge in [-0.2, -0.15) is 0 Å². The van der Waals surface area contributed by atoms with Gasteiger partial charge in [-0.3, -0.25) is 4.90 Å². The molecule has 0 bridgehead atoms. The molecule has 0 spiro atoms. The van der Waals surface area contributed by atoms with Crippen molar-refractivity contribution in [2.24, 2.45) is 13.0 Å². The van der Waals surface area contributed by atoms with E-state index in [-0.39, 0.29) is 12.6 Å². The van der Waals surface area contributed by atoms with Crippen molar-refractivity contribution in [1.82, 2.24) is 9.47 Å². The maximum absolute atomic E-state index is 9.86. The standard InChI is InChI=1S/C19H28N2O2/c1-15(2)19(14-22)21(13-17-6-5-11-20(17)3)12-16-7-9-18(23-4)10-8-16/h5-11,15,19,22H,12-14H2,1-4H3/t19-/m1/s1. The maximum atomic E-state index is 9.86. The van der Waals surface area contributed by atoms with E-state index in [1.54, 1.807) is 7.11 Å². The van der Waals surface area contributed by atoms with Crippen LogP contribution in [0.15, 0.2) is 42.6 Å². The molecule has 0 radical (unpaired) electrons. The molecule has 4 nitrogen and oxygen atoms in total. The average Bonchev–Trinajstić information content (AvgIpc) is 2.93. The zero-order chi connectivity index (χ0) is 16.8. The molecular weight excluding hydrogens is 288 g/mol. The first-order chi connectivity index (χ1) is 11.0. The van der Waals surface area contributed by atoms with Crippen LogP contribution >= 0.6 is 0 Å². The SMILES string of the molecule is COc1ccc(CN(Cc2cccn2C)[C@H](CO)C(C)C)cc1. The van der Waals surface area contributed by atoms with E-state index in [2.05, 4.69) is 60.8 Å². The Bertz CT molecular complexity index is 590. The number of hydrogen-bond donors (Lipinski definition) is 1. The molecule has 23 heavy (non-hydrogen) atoms. The lowest BCUT2D eigenvalue weighted by Gasteiger charge is -2.33. The van der Waals surface area contributed by atoms with Gasteiger partial charge in [-0.05, 0) is 35.7 Å². The minimum atomic E-state index is 0.131. The molecule has 1 aromatic carbocycles. The topological polar surface area (TPSA) is 37.6 Å². The Balaban J connectivity index is 2.19. The van der Waals surface area contributed by atoms with Crippen molar-refractivity contribution in [2.75, 3.05) is 13.7 Å². The quantitative estimate of drug-likeness (QED) is 0.813. The number of methoxy groups -OCH3 is 1.